The van der Waals surface area contributed by atoms with Gasteiger partial charge in [0, 0.05) is 31.7 Å². The summed E-state index contributed by atoms with van der Waals surface area (Å²) in [6.07, 6.45) is -1.12. The van der Waals surface area contributed by atoms with Crippen LogP contribution in [-0.2, 0) is 51.0 Å². The SMILES string of the molecule is COc1ccc(CN(Cc2ccc(OC)cc2)S(=O)(=O)c2c(S(=O)(=O)NCCOC(N)=O)ccc(-c3cccc4sc(CN)nc34)c2-c2nnn(Cc3ccc(OC)cc3)n2)cc1. The number of hydrogen-bond donors (Lipinski definition) is 3. The number of carbonyl (C=O) groups excluding carboxylic acids is 1. The molecule has 0 saturated heterocycles. The van der Waals surface area contributed by atoms with Gasteiger partial charge in [-0.2, -0.15) is 9.10 Å². The first-order valence-corrected chi connectivity index (χ1v) is 22.9. The molecule has 0 bridgehead atoms. The van der Waals surface area contributed by atoms with Gasteiger partial charge < -0.3 is 30.4 Å². The topological polar surface area (TPSA) is 246 Å². The van der Waals surface area contributed by atoms with Gasteiger partial charge in [0.2, 0.25) is 25.9 Å². The van der Waals surface area contributed by atoms with Crippen LogP contribution in [0.25, 0.3) is 32.7 Å². The van der Waals surface area contributed by atoms with Crippen molar-refractivity contribution in [3.05, 3.63) is 125 Å². The summed E-state index contributed by atoms with van der Waals surface area (Å²) in [6, 6.07) is 28.9. The number of primary amides is 1. The van der Waals surface area contributed by atoms with Gasteiger partial charge in [-0.15, -0.1) is 21.5 Å². The number of rotatable bonds is 19. The summed E-state index contributed by atoms with van der Waals surface area (Å²) in [7, 11) is -5.07. The number of fused-ring (bicyclic) bond motifs is 1. The van der Waals surface area contributed by atoms with E-state index in [2.05, 4.69) is 15.0 Å². The summed E-state index contributed by atoms with van der Waals surface area (Å²) in [6.45, 7) is -1.00. The third-order valence-electron chi connectivity index (χ3n) is 9.77. The van der Waals surface area contributed by atoms with Crippen LogP contribution in [0, 0.1) is 0 Å². The van der Waals surface area contributed by atoms with E-state index in [1.165, 1.54) is 46.8 Å². The number of para-hydroxylation sites is 1. The molecule has 1 amide bonds. The highest BCUT2D eigenvalue weighted by Crippen LogP contribution is 2.43. The maximum atomic E-state index is 15.9. The Balaban J connectivity index is 1.50. The van der Waals surface area contributed by atoms with Crippen LogP contribution in [0.2, 0.25) is 0 Å². The Morgan fingerprint density at radius 1 is 0.778 bits per heavy atom. The van der Waals surface area contributed by atoms with Crippen molar-refractivity contribution in [2.75, 3.05) is 34.5 Å². The third-order valence-corrected chi connectivity index (χ3v) is 14.3. The molecule has 0 saturated carbocycles. The number of nitrogens with two attached hydrogens (primary N) is 2. The lowest BCUT2D eigenvalue weighted by Crippen LogP contribution is -2.34. The molecule has 7 aromatic rings. The van der Waals surface area contributed by atoms with Crippen molar-refractivity contribution < 1.29 is 40.6 Å². The predicted octanol–water partition coefficient (Wildman–Crippen LogP) is 4.91. The van der Waals surface area contributed by atoms with E-state index >= 15 is 8.42 Å². The van der Waals surface area contributed by atoms with Crippen LogP contribution in [0.1, 0.15) is 21.7 Å². The largest absolute Gasteiger partial charge is 0.497 e. The lowest BCUT2D eigenvalue weighted by molar-refractivity contribution is 0.159. The maximum Gasteiger partial charge on any atom is 0.404 e. The Morgan fingerprint density at radius 3 is 1.92 bits per heavy atom. The number of thiazole rings is 1. The van der Waals surface area contributed by atoms with Gasteiger partial charge in [-0.05, 0) is 76.0 Å². The van der Waals surface area contributed by atoms with E-state index in [0.717, 1.165) is 10.3 Å². The van der Waals surface area contributed by atoms with Crippen LogP contribution in [-0.4, -0.2) is 86.9 Å². The molecule has 0 radical (unpaired) electrons. The number of carbonyl (C=O) groups is 1. The molecule has 63 heavy (non-hydrogen) atoms. The zero-order valence-electron chi connectivity index (χ0n) is 34.3. The molecule has 21 heteroatoms. The highest BCUT2D eigenvalue weighted by Gasteiger charge is 2.38. The number of nitrogens with one attached hydrogen (secondary N) is 1. The minimum absolute atomic E-state index is 0.121. The monoisotopic (exact) mass is 913 g/mol. The second-order valence-corrected chi connectivity index (χ2v) is 18.5. The number of ether oxygens (including phenoxy) is 4. The van der Waals surface area contributed by atoms with E-state index in [0.29, 0.717) is 44.5 Å². The van der Waals surface area contributed by atoms with Crippen molar-refractivity contribution in [2.45, 2.75) is 36.0 Å². The van der Waals surface area contributed by atoms with E-state index < -0.39 is 49.1 Å². The second kappa shape index (κ2) is 19.3. The van der Waals surface area contributed by atoms with Gasteiger partial charge in [0.05, 0.1) is 43.7 Å². The van der Waals surface area contributed by atoms with Crippen LogP contribution in [0.5, 0.6) is 17.2 Å². The zero-order valence-corrected chi connectivity index (χ0v) is 36.7. The van der Waals surface area contributed by atoms with Crippen LogP contribution in [0.4, 0.5) is 4.79 Å². The first-order chi connectivity index (χ1) is 30.3. The summed E-state index contributed by atoms with van der Waals surface area (Å²) in [5.74, 6) is 1.55. The average molecular weight is 914 g/mol. The van der Waals surface area contributed by atoms with Crippen molar-refractivity contribution in [3.63, 3.8) is 0 Å². The molecular formula is C42H43N9O9S3. The van der Waals surface area contributed by atoms with Crippen LogP contribution >= 0.6 is 11.3 Å². The van der Waals surface area contributed by atoms with Crippen LogP contribution in [0.15, 0.2) is 113 Å². The number of amides is 1. The van der Waals surface area contributed by atoms with E-state index in [1.807, 2.05) is 18.2 Å². The molecule has 328 valence electrons. The summed E-state index contributed by atoms with van der Waals surface area (Å²) in [5, 5.41) is 14.0. The molecule has 2 aromatic heterocycles. The fourth-order valence-corrected chi connectivity index (χ4v) is 11.0. The number of tetrazole rings is 1. The standard InChI is InChI=1S/C42H43N9O9S3/c1-57-30-13-7-27(8-14-30)24-50(25-28-9-15-31(58-2)16-10-28)63(55,56)40-36(62(53,54)45-21-22-60-42(44)52)20-19-33(34-5-4-6-35-39(34)46-37(23-43)61-35)38(40)41-47-49-51(48-41)26-29-11-17-32(59-3)18-12-29/h4-20,45H,21-26,43H2,1-3H3,(H2,44,52). The molecule has 18 nitrogen and oxygen atoms in total. The zero-order chi connectivity index (χ0) is 44.7. The fourth-order valence-electron chi connectivity index (χ4n) is 6.71. The lowest BCUT2D eigenvalue weighted by Gasteiger charge is -2.26. The molecule has 7 rings (SSSR count). The molecule has 5 N–H and O–H groups in total. The summed E-state index contributed by atoms with van der Waals surface area (Å²) < 4.78 is 85.9. The van der Waals surface area contributed by atoms with Gasteiger partial charge in [-0.3, -0.25) is 0 Å². The van der Waals surface area contributed by atoms with E-state index in [-0.39, 0.29) is 43.1 Å². The van der Waals surface area contributed by atoms with E-state index in [1.54, 1.807) is 79.9 Å². The number of sulfonamides is 2. The molecule has 2 heterocycles. The Morgan fingerprint density at radius 2 is 1.37 bits per heavy atom. The third kappa shape index (κ3) is 10.1. The number of benzene rings is 5. The number of aromatic nitrogens is 5. The van der Waals surface area contributed by atoms with E-state index in [4.69, 9.17) is 40.5 Å². The Bertz CT molecular complexity index is 2890. The van der Waals surface area contributed by atoms with Gasteiger partial charge in [0.25, 0.3) is 0 Å². The predicted molar refractivity (Wildman–Crippen MR) is 235 cm³/mol. The normalized spacial score (nSPS) is 11.8. The summed E-state index contributed by atoms with van der Waals surface area (Å²) >= 11 is 1.37. The number of hydrogen-bond acceptors (Lipinski definition) is 15. The molecular weight excluding hydrogens is 871 g/mol. The molecule has 5 aromatic carbocycles. The summed E-state index contributed by atoms with van der Waals surface area (Å²) in [4.78, 5) is 16.1. The number of nitrogens with zero attached hydrogens (tertiary/aromatic N) is 6. The van der Waals surface area contributed by atoms with Crippen molar-refractivity contribution in [2.24, 2.45) is 11.5 Å². The molecule has 0 fully saturated rings. The first kappa shape index (κ1) is 44.6. The quantitative estimate of drug-likeness (QED) is 0.0913. The lowest BCUT2D eigenvalue weighted by atomic mass is 9.98. The minimum atomic E-state index is -4.93. The van der Waals surface area contributed by atoms with Crippen molar-refractivity contribution >= 4 is 47.7 Å². The Labute approximate surface area is 367 Å². The molecule has 0 spiro atoms. The molecule has 0 aliphatic rings. The number of methoxy groups -OCH3 is 3. The Kier molecular flexibility index (Phi) is 13.6. The fraction of sp³-hybridized carbons (Fsp3) is 0.214. The average Bonchev–Trinajstić information content (AvgIpc) is 3.95. The first-order valence-electron chi connectivity index (χ1n) is 19.2. The molecule has 0 aliphatic carbocycles. The van der Waals surface area contributed by atoms with E-state index in [9.17, 15) is 13.2 Å². The minimum Gasteiger partial charge on any atom is -0.497 e. The molecule has 0 unspecified atom stereocenters. The van der Waals surface area contributed by atoms with Crippen LogP contribution in [0.3, 0.4) is 0 Å². The van der Waals surface area contributed by atoms with Gasteiger partial charge in [-0.25, -0.2) is 31.3 Å². The van der Waals surface area contributed by atoms with Gasteiger partial charge in [0.15, 0.2) is 0 Å². The van der Waals surface area contributed by atoms with Gasteiger partial charge >= 0.3 is 6.09 Å². The van der Waals surface area contributed by atoms with Gasteiger partial charge in [-0.1, -0.05) is 54.6 Å². The second-order valence-electron chi connectivity index (χ2n) is 13.8. The highest BCUT2D eigenvalue weighted by molar-refractivity contribution is 7.92. The summed E-state index contributed by atoms with van der Waals surface area (Å²) in [5.41, 5.74) is 14.1. The van der Waals surface area contributed by atoms with Gasteiger partial charge in [0.1, 0.15) is 38.7 Å². The van der Waals surface area contributed by atoms with Crippen molar-refractivity contribution in [3.8, 4) is 39.8 Å². The van der Waals surface area contributed by atoms with Crippen molar-refractivity contribution in [1.29, 1.82) is 0 Å². The van der Waals surface area contributed by atoms with Crippen LogP contribution < -0.4 is 30.4 Å². The molecule has 0 aliphatic heterocycles. The smallest absolute Gasteiger partial charge is 0.404 e. The van der Waals surface area contributed by atoms with Crippen molar-refractivity contribution in [1.82, 2.24) is 34.2 Å². The highest BCUT2D eigenvalue weighted by atomic mass is 32.2. The Hall–Kier alpha value is -6.49. The molecule has 0 atom stereocenters. The maximum absolute atomic E-state index is 15.9.